The van der Waals surface area contributed by atoms with Crippen LogP contribution < -0.4 is 5.32 Å². The van der Waals surface area contributed by atoms with Gasteiger partial charge in [-0.2, -0.15) is 0 Å². The van der Waals surface area contributed by atoms with Gasteiger partial charge in [-0.25, -0.2) is 4.79 Å². The molecule has 0 saturated heterocycles. The molecule has 0 spiro atoms. The molecule has 0 fully saturated rings. The molecule has 150 valence electrons. The quantitative estimate of drug-likeness (QED) is 0.453. The molecule has 0 atom stereocenters. The molecular weight excluding hydrogens is 432 g/mol. The number of hydrogen-bond donors (Lipinski definition) is 1. The molecule has 4 rings (SSSR count). The molecule has 2 heterocycles. The minimum atomic E-state index is -0.409. The maximum absolute atomic E-state index is 12.5. The summed E-state index contributed by atoms with van der Waals surface area (Å²) in [6, 6.07) is 7.30. The second-order valence-corrected chi connectivity index (χ2v) is 8.84. The van der Waals surface area contributed by atoms with Crippen molar-refractivity contribution in [1.82, 2.24) is 14.8 Å². The number of carbonyl (C=O) groups excluding carboxylic acids is 2. The number of methoxy groups -OCH3 is 1. The largest absolute Gasteiger partial charge is 0.465 e. The van der Waals surface area contributed by atoms with E-state index in [1.54, 1.807) is 23.0 Å². The number of aryl methyl sites for hydroxylation is 1. The number of esters is 1. The minimum absolute atomic E-state index is 0.127. The Hall–Kier alpha value is -2.36. The molecule has 29 heavy (non-hydrogen) atoms. The first-order valence-corrected chi connectivity index (χ1v) is 11.1. The number of amides is 1. The zero-order valence-corrected chi connectivity index (χ0v) is 17.9. The van der Waals surface area contributed by atoms with Crippen molar-refractivity contribution in [1.29, 1.82) is 0 Å². The summed E-state index contributed by atoms with van der Waals surface area (Å²) in [6.07, 6.45) is 4.36. The summed E-state index contributed by atoms with van der Waals surface area (Å²) in [5, 5.41) is 12.6. The van der Waals surface area contributed by atoms with Crippen LogP contribution in [0.3, 0.4) is 0 Å². The molecule has 0 radical (unpaired) electrons. The second-order valence-electron chi connectivity index (χ2n) is 6.35. The summed E-state index contributed by atoms with van der Waals surface area (Å²) in [6.45, 7) is 0. The van der Waals surface area contributed by atoms with Gasteiger partial charge < -0.3 is 10.1 Å². The van der Waals surface area contributed by atoms with Gasteiger partial charge in [0.25, 0.3) is 0 Å². The molecule has 1 aromatic carbocycles. The first kappa shape index (κ1) is 19.9. The van der Waals surface area contributed by atoms with Crippen molar-refractivity contribution in [2.75, 3.05) is 18.2 Å². The Morgan fingerprint density at radius 2 is 2.24 bits per heavy atom. The van der Waals surface area contributed by atoms with E-state index >= 15 is 0 Å². The number of rotatable bonds is 6. The summed E-state index contributed by atoms with van der Waals surface area (Å²) in [5.41, 5.74) is 2.31. The third-order valence-corrected chi connectivity index (χ3v) is 6.88. The van der Waals surface area contributed by atoms with Gasteiger partial charge in [0.2, 0.25) is 5.91 Å². The van der Waals surface area contributed by atoms with Crippen molar-refractivity contribution >= 4 is 51.6 Å². The Bertz CT molecular complexity index is 1080. The Morgan fingerprint density at radius 1 is 1.38 bits per heavy atom. The maximum Gasteiger partial charge on any atom is 0.341 e. The molecule has 0 aliphatic heterocycles. The fraction of sp³-hybridized carbons (Fsp3) is 0.263. The summed E-state index contributed by atoms with van der Waals surface area (Å²) in [4.78, 5) is 25.9. The van der Waals surface area contributed by atoms with E-state index in [2.05, 4.69) is 15.5 Å². The van der Waals surface area contributed by atoms with E-state index in [-0.39, 0.29) is 11.7 Å². The van der Waals surface area contributed by atoms with Crippen molar-refractivity contribution in [3.8, 4) is 5.69 Å². The lowest BCUT2D eigenvalue weighted by molar-refractivity contribution is -0.113. The predicted octanol–water partition coefficient (Wildman–Crippen LogP) is 3.99. The van der Waals surface area contributed by atoms with Crippen LogP contribution in [0.4, 0.5) is 5.00 Å². The molecule has 0 saturated carbocycles. The van der Waals surface area contributed by atoms with Gasteiger partial charge in [0.05, 0.1) is 24.1 Å². The SMILES string of the molecule is COC(=O)c1c(NC(=O)CSc2nncn2-c2cccc(Cl)c2)sc2c1CCC2. The van der Waals surface area contributed by atoms with Crippen LogP contribution in [0.1, 0.15) is 27.2 Å². The van der Waals surface area contributed by atoms with Crippen LogP contribution in [0.25, 0.3) is 5.69 Å². The van der Waals surface area contributed by atoms with Crippen molar-refractivity contribution < 1.29 is 14.3 Å². The highest BCUT2D eigenvalue weighted by atomic mass is 35.5. The number of aromatic nitrogens is 3. The zero-order chi connectivity index (χ0) is 20.4. The van der Waals surface area contributed by atoms with E-state index < -0.39 is 5.97 Å². The first-order chi connectivity index (χ1) is 14.1. The van der Waals surface area contributed by atoms with Crippen LogP contribution in [-0.4, -0.2) is 39.5 Å². The number of fused-ring (bicyclic) bond motifs is 1. The summed E-state index contributed by atoms with van der Waals surface area (Å²) in [7, 11) is 1.35. The van der Waals surface area contributed by atoms with Crippen LogP contribution in [-0.2, 0) is 22.4 Å². The molecule has 10 heteroatoms. The summed E-state index contributed by atoms with van der Waals surface area (Å²) in [5.74, 6) is -0.503. The number of benzene rings is 1. The van der Waals surface area contributed by atoms with Crippen LogP contribution in [0.15, 0.2) is 35.7 Å². The van der Waals surface area contributed by atoms with Crippen molar-refractivity contribution in [2.45, 2.75) is 24.4 Å². The van der Waals surface area contributed by atoms with Crippen LogP contribution in [0.2, 0.25) is 5.02 Å². The van der Waals surface area contributed by atoms with E-state index in [1.165, 1.54) is 30.2 Å². The lowest BCUT2D eigenvalue weighted by atomic mass is 10.1. The minimum Gasteiger partial charge on any atom is -0.465 e. The van der Waals surface area contributed by atoms with Gasteiger partial charge in [0, 0.05) is 9.90 Å². The first-order valence-electron chi connectivity index (χ1n) is 8.88. The monoisotopic (exact) mass is 448 g/mol. The number of anilines is 1. The number of nitrogens with zero attached hydrogens (tertiary/aromatic N) is 3. The molecule has 1 aliphatic rings. The smallest absolute Gasteiger partial charge is 0.341 e. The molecule has 2 aromatic heterocycles. The number of thioether (sulfide) groups is 1. The van der Waals surface area contributed by atoms with Gasteiger partial charge in [-0.1, -0.05) is 29.4 Å². The predicted molar refractivity (Wildman–Crippen MR) is 113 cm³/mol. The van der Waals surface area contributed by atoms with Gasteiger partial charge in [0.1, 0.15) is 11.3 Å². The fourth-order valence-electron chi connectivity index (χ4n) is 3.23. The highest BCUT2D eigenvalue weighted by Crippen LogP contribution is 2.39. The van der Waals surface area contributed by atoms with Gasteiger partial charge >= 0.3 is 5.97 Å². The van der Waals surface area contributed by atoms with Crippen LogP contribution in [0, 0.1) is 0 Å². The number of hydrogen-bond acceptors (Lipinski definition) is 7. The Kier molecular flexibility index (Phi) is 5.89. The summed E-state index contributed by atoms with van der Waals surface area (Å²) < 4.78 is 6.68. The molecular formula is C19H17ClN4O3S2. The normalized spacial score (nSPS) is 12.6. The number of carbonyl (C=O) groups is 2. The standard InChI is InChI=1S/C19H17ClN4O3S2/c1-27-18(26)16-13-6-3-7-14(13)29-17(16)22-15(25)9-28-19-23-21-10-24(19)12-5-2-4-11(20)8-12/h2,4-5,8,10H,3,6-7,9H2,1H3,(H,22,25). The Labute approximate surface area is 180 Å². The van der Waals surface area contributed by atoms with Crippen LogP contribution in [0.5, 0.6) is 0 Å². The third-order valence-electron chi connectivity index (χ3n) is 4.50. The third kappa shape index (κ3) is 4.17. The van der Waals surface area contributed by atoms with Crippen molar-refractivity contribution in [3.05, 3.63) is 51.6 Å². The average molecular weight is 449 g/mol. The highest BCUT2D eigenvalue weighted by molar-refractivity contribution is 7.99. The molecule has 0 bridgehead atoms. The molecule has 3 aromatic rings. The van der Waals surface area contributed by atoms with Crippen LogP contribution >= 0.6 is 34.7 Å². The van der Waals surface area contributed by atoms with Gasteiger partial charge in [-0.3, -0.25) is 9.36 Å². The van der Waals surface area contributed by atoms with E-state index in [9.17, 15) is 9.59 Å². The Morgan fingerprint density at radius 3 is 3.03 bits per heavy atom. The molecule has 0 unspecified atom stereocenters. The maximum atomic E-state index is 12.5. The second kappa shape index (κ2) is 8.56. The van der Waals surface area contributed by atoms with E-state index in [4.69, 9.17) is 16.3 Å². The zero-order valence-electron chi connectivity index (χ0n) is 15.5. The Balaban J connectivity index is 1.46. The average Bonchev–Trinajstić information content (AvgIpc) is 3.41. The van der Waals surface area contributed by atoms with Crippen molar-refractivity contribution in [3.63, 3.8) is 0 Å². The lowest BCUT2D eigenvalue weighted by Crippen LogP contribution is -2.16. The number of thiophene rings is 1. The molecule has 1 N–H and O–H groups in total. The molecule has 7 nitrogen and oxygen atoms in total. The highest BCUT2D eigenvalue weighted by Gasteiger charge is 2.28. The van der Waals surface area contributed by atoms with E-state index in [0.717, 1.165) is 35.4 Å². The lowest BCUT2D eigenvalue weighted by Gasteiger charge is -2.08. The molecule has 1 aliphatic carbocycles. The van der Waals surface area contributed by atoms with Gasteiger partial charge in [0.15, 0.2) is 5.16 Å². The fourth-order valence-corrected chi connectivity index (χ4v) is 5.44. The van der Waals surface area contributed by atoms with E-state index in [1.807, 2.05) is 12.1 Å². The van der Waals surface area contributed by atoms with E-state index in [0.29, 0.717) is 20.7 Å². The topological polar surface area (TPSA) is 86.1 Å². The number of halogens is 1. The molecule has 1 amide bonds. The number of ether oxygens (including phenoxy) is 1. The number of nitrogens with one attached hydrogen (secondary N) is 1. The van der Waals surface area contributed by atoms with Crippen molar-refractivity contribution in [2.24, 2.45) is 0 Å². The van der Waals surface area contributed by atoms with Gasteiger partial charge in [-0.15, -0.1) is 21.5 Å². The summed E-state index contributed by atoms with van der Waals surface area (Å²) >= 11 is 8.76. The van der Waals surface area contributed by atoms with Gasteiger partial charge in [-0.05, 0) is 43.0 Å².